The molecule has 0 atom stereocenters. The molecular formula is C11H16FNS. The summed E-state index contributed by atoms with van der Waals surface area (Å²) in [5.41, 5.74) is 0. The molecule has 0 saturated heterocycles. The maximum Gasteiger partial charge on any atom is 0.124 e. The van der Waals surface area contributed by atoms with Crippen molar-refractivity contribution in [3.8, 4) is 0 Å². The van der Waals surface area contributed by atoms with Gasteiger partial charge in [0.05, 0.1) is 0 Å². The second-order valence-corrected chi connectivity index (χ2v) is 4.18. The van der Waals surface area contributed by atoms with Crippen molar-refractivity contribution < 1.29 is 4.39 Å². The van der Waals surface area contributed by atoms with E-state index in [0.29, 0.717) is 0 Å². The Labute approximate surface area is 89.1 Å². The van der Waals surface area contributed by atoms with Crippen LogP contribution in [0.15, 0.2) is 29.2 Å². The molecule has 1 aromatic carbocycles. The molecular weight excluding hydrogens is 197 g/mol. The summed E-state index contributed by atoms with van der Waals surface area (Å²) in [4.78, 5) is 1.02. The highest BCUT2D eigenvalue weighted by Gasteiger charge is 1.95. The Morgan fingerprint density at radius 2 is 2.29 bits per heavy atom. The molecule has 0 bridgehead atoms. The van der Waals surface area contributed by atoms with Crippen molar-refractivity contribution >= 4 is 11.8 Å². The van der Waals surface area contributed by atoms with Crippen LogP contribution in [0.3, 0.4) is 0 Å². The number of rotatable bonds is 6. The van der Waals surface area contributed by atoms with E-state index in [0.717, 1.165) is 30.2 Å². The summed E-state index contributed by atoms with van der Waals surface area (Å²) < 4.78 is 12.8. The Morgan fingerprint density at radius 1 is 1.43 bits per heavy atom. The van der Waals surface area contributed by atoms with Gasteiger partial charge < -0.3 is 5.32 Å². The molecule has 14 heavy (non-hydrogen) atoms. The Hall–Kier alpha value is -0.540. The summed E-state index contributed by atoms with van der Waals surface area (Å²) in [5.74, 6) is 0.887. The topological polar surface area (TPSA) is 12.0 Å². The Morgan fingerprint density at radius 3 is 3.00 bits per heavy atom. The van der Waals surface area contributed by atoms with Crippen molar-refractivity contribution in [3.63, 3.8) is 0 Å². The van der Waals surface area contributed by atoms with E-state index < -0.39 is 0 Å². The highest BCUT2D eigenvalue weighted by molar-refractivity contribution is 7.99. The van der Waals surface area contributed by atoms with Crippen molar-refractivity contribution in [2.24, 2.45) is 0 Å². The Bertz CT molecular complexity index is 265. The zero-order chi connectivity index (χ0) is 10.2. The molecule has 1 N–H and O–H groups in total. The summed E-state index contributed by atoms with van der Waals surface area (Å²) in [5, 5.41) is 3.26. The van der Waals surface area contributed by atoms with Gasteiger partial charge >= 0.3 is 0 Å². The zero-order valence-corrected chi connectivity index (χ0v) is 9.24. The average Bonchev–Trinajstić information content (AvgIpc) is 2.18. The van der Waals surface area contributed by atoms with Crippen LogP contribution >= 0.6 is 11.8 Å². The van der Waals surface area contributed by atoms with E-state index in [4.69, 9.17) is 0 Å². The molecule has 1 nitrogen and oxygen atoms in total. The molecule has 0 aromatic heterocycles. The van der Waals surface area contributed by atoms with Crippen LogP contribution in [0.4, 0.5) is 4.39 Å². The van der Waals surface area contributed by atoms with Crippen molar-refractivity contribution in [2.45, 2.75) is 18.2 Å². The van der Waals surface area contributed by atoms with Gasteiger partial charge in [0.25, 0.3) is 0 Å². The molecule has 0 aliphatic carbocycles. The van der Waals surface area contributed by atoms with Gasteiger partial charge in [-0.15, -0.1) is 11.8 Å². The third kappa shape index (κ3) is 4.63. The molecule has 0 saturated carbocycles. The summed E-state index contributed by atoms with van der Waals surface area (Å²) >= 11 is 1.71. The second kappa shape index (κ2) is 6.85. The summed E-state index contributed by atoms with van der Waals surface area (Å²) in [6, 6.07) is 6.75. The monoisotopic (exact) mass is 213 g/mol. The van der Waals surface area contributed by atoms with E-state index in [1.165, 1.54) is 6.07 Å². The normalized spacial score (nSPS) is 10.4. The van der Waals surface area contributed by atoms with E-state index in [9.17, 15) is 4.39 Å². The smallest absolute Gasteiger partial charge is 0.124 e. The van der Waals surface area contributed by atoms with E-state index in [1.54, 1.807) is 23.9 Å². The fourth-order valence-corrected chi connectivity index (χ4v) is 2.02. The lowest BCUT2D eigenvalue weighted by Crippen LogP contribution is -2.14. The predicted octanol–water partition coefficient (Wildman–Crippen LogP) is 2.92. The largest absolute Gasteiger partial charge is 0.317 e. The van der Waals surface area contributed by atoms with Crippen molar-refractivity contribution in [2.75, 3.05) is 18.8 Å². The minimum Gasteiger partial charge on any atom is -0.317 e. The molecule has 0 radical (unpaired) electrons. The van der Waals surface area contributed by atoms with E-state index in [1.807, 2.05) is 6.07 Å². The van der Waals surface area contributed by atoms with Crippen molar-refractivity contribution in [3.05, 3.63) is 30.1 Å². The highest BCUT2D eigenvalue weighted by Crippen LogP contribution is 2.18. The molecule has 3 heteroatoms. The molecule has 0 aliphatic rings. The maximum absolute atomic E-state index is 12.8. The minimum absolute atomic E-state index is 0.151. The molecule has 1 aromatic rings. The van der Waals surface area contributed by atoms with Gasteiger partial charge in [-0.2, -0.15) is 0 Å². The van der Waals surface area contributed by atoms with Crippen LogP contribution in [0.25, 0.3) is 0 Å². The number of hydrogen-bond donors (Lipinski definition) is 1. The third-order valence-electron chi connectivity index (χ3n) is 1.81. The molecule has 0 amide bonds. The molecule has 0 fully saturated rings. The van der Waals surface area contributed by atoms with Gasteiger partial charge in [-0.05, 0) is 43.5 Å². The SMILES string of the molecule is CCNCCCSc1cccc(F)c1. The number of halogens is 1. The van der Waals surface area contributed by atoms with Crippen LogP contribution < -0.4 is 5.32 Å². The molecule has 1 rings (SSSR count). The van der Waals surface area contributed by atoms with Gasteiger partial charge in [-0.1, -0.05) is 13.0 Å². The molecule has 0 aliphatic heterocycles. The molecule has 78 valence electrons. The average molecular weight is 213 g/mol. The first-order chi connectivity index (χ1) is 6.83. The molecule has 0 unspecified atom stereocenters. The van der Waals surface area contributed by atoms with E-state index >= 15 is 0 Å². The molecule has 0 spiro atoms. The maximum atomic E-state index is 12.8. The first kappa shape index (κ1) is 11.5. The highest BCUT2D eigenvalue weighted by atomic mass is 32.2. The lowest BCUT2D eigenvalue weighted by atomic mass is 10.4. The molecule has 0 heterocycles. The van der Waals surface area contributed by atoms with E-state index in [2.05, 4.69) is 12.2 Å². The first-order valence-electron chi connectivity index (χ1n) is 4.92. The fourth-order valence-electron chi connectivity index (χ4n) is 1.12. The number of hydrogen-bond acceptors (Lipinski definition) is 2. The van der Waals surface area contributed by atoms with Crippen molar-refractivity contribution in [1.29, 1.82) is 0 Å². The first-order valence-corrected chi connectivity index (χ1v) is 5.90. The minimum atomic E-state index is -0.151. The van der Waals surface area contributed by atoms with Gasteiger partial charge in [0, 0.05) is 4.90 Å². The number of thioether (sulfide) groups is 1. The lowest BCUT2D eigenvalue weighted by molar-refractivity contribution is 0.624. The van der Waals surface area contributed by atoms with Gasteiger partial charge in [-0.25, -0.2) is 4.39 Å². The quantitative estimate of drug-likeness (QED) is 0.576. The fraction of sp³-hybridized carbons (Fsp3) is 0.455. The van der Waals surface area contributed by atoms with Gasteiger partial charge in [-0.3, -0.25) is 0 Å². The van der Waals surface area contributed by atoms with Crippen LogP contribution in [0.2, 0.25) is 0 Å². The van der Waals surface area contributed by atoms with Crippen LogP contribution in [-0.2, 0) is 0 Å². The van der Waals surface area contributed by atoms with Gasteiger partial charge in [0.2, 0.25) is 0 Å². The number of benzene rings is 1. The predicted molar refractivity (Wildman–Crippen MR) is 60.3 cm³/mol. The van der Waals surface area contributed by atoms with Gasteiger partial charge in [0.15, 0.2) is 0 Å². The van der Waals surface area contributed by atoms with Crippen LogP contribution in [0.5, 0.6) is 0 Å². The van der Waals surface area contributed by atoms with Crippen LogP contribution in [0, 0.1) is 5.82 Å². The van der Waals surface area contributed by atoms with Crippen LogP contribution in [-0.4, -0.2) is 18.8 Å². The van der Waals surface area contributed by atoms with E-state index in [-0.39, 0.29) is 5.82 Å². The number of nitrogens with one attached hydrogen (secondary N) is 1. The second-order valence-electron chi connectivity index (χ2n) is 3.01. The third-order valence-corrected chi connectivity index (χ3v) is 2.89. The van der Waals surface area contributed by atoms with Crippen molar-refractivity contribution in [1.82, 2.24) is 5.32 Å². The van der Waals surface area contributed by atoms with Gasteiger partial charge in [0.1, 0.15) is 5.82 Å². The Balaban J connectivity index is 2.18. The van der Waals surface area contributed by atoms with Crippen LogP contribution in [0.1, 0.15) is 13.3 Å². The standard InChI is InChI=1S/C11H16FNS/c1-2-13-7-4-8-14-11-6-3-5-10(12)9-11/h3,5-6,9,13H,2,4,7-8H2,1H3. The summed E-state index contributed by atoms with van der Waals surface area (Å²) in [6.45, 7) is 4.16. The Kier molecular flexibility index (Phi) is 5.64. The zero-order valence-electron chi connectivity index (χ0n) is 8.42. The lowest BCUT2D eigenvalue weighted by Gasteiger charge is -2.02. The summed E-state index contributed by atoms with van der Waals surface area (Å²) in [7, 11) is 0. The summed E-state index contributed by atoms with van der Waals surface area (Å²) in [6.07, 6.45) is 1.12.